The second kappa shape index (κ2) is 9.59. The molecular formula is C40H26N2S. The molecule has 0 atom stereocenters. The van der Waals surface area contributed by atoms with Crippen LogP contribution in [-0.2, 0) is 0 Å². The van der Waals surface area contributed by atoms with E-state index in [1.165, 1.54) is 58.4 Å². The molecule has 9 rings (SSSR count). The molecule has 0 N–H and O–H groups in total. The minimum Gasteiger partial charge on any atom is -0.310 e. The molecule has 0 bridgehead atoms. The molecule has 0 aliphatic heterocycles. The van der Waals surface area contributed by atoms with Crippen LogP contribution in [-0.4, -0.2) is 4.57 Å². The van der Waals surface area contributed by atoms with Crippen molar-refractivity contribution in [2.45, 2.75) is 0 Å². The number of hydrogen-bond donors (Lipinski definition) is 0. The topological polar surface area (TPSA) is 8.17 Å². The fraction of sp³-hybridized carbons (Fsp3) is 0. The zero-order valence-electron chi connectivity index (χ0n) is 23.3. The molecule has 0 aliphatic carbocycles. The summed E-state index contributed by atoms with van der Waals surface area (Å²) in [7, 11) is 0. The number of thiophene rings is 1. The lowest BCUT2D eigenvalue weighted by atomic mass is 10.1. The lowest BCUT2D eigenvalue weighted by Gasteiger charge is -2.25. The van der Waals surface area contributed by atoms with Gasteiger partial charge >= 0.3 is 0 Å². The zero-order chi connectivity index (χ0) is 28.3. The first-order valence-corrected chi connectivity index (χ1v) is 15.4. The van der Waals surface area contributed by atoms with E-state index in [9.17, 15) is 0 Å². The molecule has 202 valence electrons. The maximum Gasteiger partial charge on any atom is 0.0555 e. The Kier molecular flexibility index (Phi) is 5.40. The van der Waals surface area contributed by atoms with E-state index in [0.29, 0.717) is 0 Å². The molecule has 0 aliphatic rings. The summed E-state index contributed by atoms with van der Waals surface area (Å²) in [5.74, 6) is 0. The maximum atomic E-state index is 2.47. The van der Waals surface area contributed by atoms with Crippen molar-refractivity contribution in [1.82, 2.24) is 4.57 Å². The smallest absolute Gasteiger partial charge is 0.0555 e. The highest BCUT2D eigenvalue weighted by Crippen LogP contribution is 2.43. The van der Waals surface area contributed by atoms with Gasteiger partial charge in [0.05, 0.1) is 16.7 Å². The van der Waals surface area contributed by atoms with Crippen LogP contribution in [0.1, 0.15) is 0 Å². The van der Waals surface area contributed by atoms with E-state index in [2.05, 4.69) is 167 Å². The number of benzene rings is 7. The van der Waals surface area contributed by atoms with Gasteiger partial charge in [-0.3, -0.25) is 0 Å². The van der Waals surface area contributed by atoms with Gasteiger partial charge in [0.2, 0.25) is 0 Å². The quantitative estimate of drug-likeness (QED) is 0.206. The molecule has 7 aromatic carbocycles. The third-order valence-electron chi connectivity index (χ3n) is 8.54. The highest BCUT2D eigenvalue weighted by Gasteiger charge is 2.19. The van der Waals surface area contributed by atoms with Crippen molar-refractivity contribution in [2.24, 2.45) is 0 Å². The Labute approximate surface area is 253 Å². The predicted octanol–water partition coefficient (Wildman–Crippen LogP) is 11.8. The number of aromatic nitrogens is 1. The van der Waals surface area contributed by atoms with Crippen molar-refractivity contribution in [3.8, 4) is 5.69 Å². The van der Waals surface area contributed by atoms with Gasteiger partial charge in [-0.05, 0) is 72.1 Å². The Morgan fingerprint density at radius 2 is 1.05 bits per heavy atom. The van der Waals surface area contributed by atoms with Crippen molar-refractivity contribution in [3.05, 3.63) is 158 Å². The lowest BCUT2D eigenvalue weighted by molar-refractivity contribution is 1.20. The maximum absolute atomic E-state index is 2.47. The average Bonchev–Trinajstić information content (AvgIpc) is 3.59. The van der Waals surface area contributed by atoms with Crippen LogP contribution in [0.15, 0.2) is 158 Å². The third-order valence-corrected chi connectivity index (χ3v) is 9.68. The number of para-hydroxylation sites is 2. The summed E-state index contributed by atoms with van der Waals surface area (Å²) in [6.45, 7) is 0. The van der Waals surface area contributed by atoms with Crippen LogP contribution in [0.3, 0.4) is 0 Å². The SMILES string of the molecule is c1ccc(N(c2ccccc2)c2ccc3c(c2)c2cc4c(cc2n3-c2cccc3ccccc23)sc2ccccc24)cc1. The molecule has 9 aromatic rings. The van der Waals surface area contributed by atoms with Gasteiger partial charge in [0, 0.05) is 53.4 Å². The molecule has 0 saturated heterocycles. The Hall–Kier alpha value is -5.38. The van der Waals surface area contributed by atoms with Gasteiger partial charge in [0.25, 0.3) is 0 Å². The highest BCUT2D eigenvalue weighted by molar-refractivity contribution is 7.25. The van der Waals surface area contributed by atoms with Crippen LogP contribution in [0.5, 0.6) is 0 Å². The van der Waals surface area contributed by atoms with Crippen molar-refractivity contribution in [2.75, 3.05) is 4.90 Å². The van der Waals surface area contributed by atoms with Crippen molar-refractivity contribution in [3.63, 3.8) is 0 Å². The number of nitrogens with zero attached hydrogens (tertiary/aromatic N) is 2. The Balaban J connectivity index is 1.39. The van der Waals surface area contributed by atoms with E-state index in [1.807, 2.05) is 11.3 Å². The average molecular weight is 567 g/mol. The van der Waals surface area contributed by atoms with Crippen LogP contribution >= 0.6 is 11.3 Å². The van der Waals surface area contributed by atoms with Crippen LogP contribution < -0.4 is 4.90 Å². The van der Waals surface area contributed by atoms with Gasteiger partial charge < -0.3 is 9.47 Å². The summed E-state index contributed by atoms with van der Waals surface area (Å²) >= 11 is 1.87. The van der Waals surface area contributed by atoms with Crippen molar-refractivity contribution in [1.29, 1.82) is 0 Å². The molecule has 0 saturated carbocycles. The molecule has 0 unspecified atom stereocenters. The predicted molar refractivity (Wildman–Crippen MR) is 186 cm³/mol. The third kappa shape index (κ3) is 3.79. The molecule has 2 nitrogen and oxygen atoms in total. The normalized spacial score (nSPS) is 11.7. The fourth-order valence-corrected chi connectivity index (χ4v) is 7.75. The van der Waals surface area contributed by atoms with Crippen LogP contribution in [0.2, 0.25) is 0 Å². The summed E-state index contributed by atoms with van der Waals surface area (Å²) in [5, 5.41) is 7.64. The van der Waals surface area contributed by atoms with Gasteiger partial charge in [-0.2, -0.15) is 0 Å². The second-order valence-corrected chi connectivity index (χ2v) is 12.1. The van der Waals surface area contributed by atoms with E-state index in [1.54, 1.807) is 0 Å². The molecule has 0 fully saturated rings. The molecular weight excluding hydrogens is 541 g/mol. The van der Waals surface area contributed by atoms with Crippen LogP contribution in [0.25, 0.3) is 58.4 Å². The summed E-state index contributed by atoms with van der Waals surface area (Å²) in [6, 6.07) is 57.1. The van der Waals surface area contributed by atoms with Crippen molar-refractivity contribution >= 4 is 81.1 Å². The highest BCUT2D eigenvalue weighted by atomic mass is 32.1. The largest absolute Gasteiger partial charge is 0.310 e. The first-order valence-electron chi connectivity index (χ1n) is 14.6. The minimum absolute atomic E-state index is 1.14. The number of rotatable bonds is 4. The molecule has 43 heavy (non-hydrogen) atoms. The molecule has 0 radical (unpaired) electrons. The van der Waals surface area contributed by atoms with Gasteiger partial charge in [-0.15, -0.1) is 11.3 Å². The molecule has 3 heteroatoms. The van der Waals surface area contributed by atoms with E-state index in [-0.39, 0.29) is 0 Å². The summed E-state index contributed by atoms with van der Waals surface area (Å²) in [6.07, 6.45) is 0. The minimum atomic E-state index is 1.14. The van der Waals surface area contributed by atoms with Crippen LogP contribution in [0.4, 0.5) is 17.1 Å². The second-order valence-electron chi connectivity index (χ2n) is 11.0. The van der Waals surface area contributed by atoms with E-state index in [4.69, 9.17) is 0 Å². The van der Waals surface area contributed by atoms with Gasteiger partial charge in [0.15, 0.2) is 0 Å². The van der Waals surface area contributed by atoms with Crippen molar-refractivity contribution < 1.29 is 0 Å². The van der Waals surface area contributed by atoms with Gasteiger partial charge in [-0.25, -0.2) is 0 Å². The van der Waals surface area contributed by atoms with Crippen LogP contribution in [0, 0.1) is 0 Å². The molecule has 2 aromatic heterocycles. The Bertz CT molecular complexity index is 2410. The van der Waals surface area contributed by atoms with Gasteiger partial charge in [-0.1, -0.05) is 91.0 Å². The first-order chi connectivity index (χ1) is 21.3. The van der Waals surface area contributed by atoms with E-state index < -0.39 is 0 Å². The molecule has 0 spiro atoms. The monoisotopic (exact) mass is 566 g/mol. The first kappa shape index (κ1) is 24.2. The Morgan fingerprint density at radius 3 is 1.84 bits per heavy atom. The number of hydrogen-bond acceptors (Lipinski definition) is 2. The Morgan fingerprint density at radius 1 is 0.395 bits per heavy atom. The van der Waals surface area contributed by atoms with Gasteiger partial charge in [0.1, 0.15) is 0 Å². The standard InChI is InChI=1S/C40H26N2S/c1-3-14-28(15-4-1)41(29-16-5-2-6-17-29)30-22-23-37-33(24-30)34-25-35-32-19-9-10-21-39(32)43-40(35)26-38(34)42(37)36-20-11-13-27-12-7-8-18-31(27)36/h1-26H. The summed E-state index contributed by atoms with van der Waals surface area (Å²) in [4.78, 5) is 2.35. The number of fused-ring (bicyclic) bond motifs is 7. The fourth-order valence-electron chi connectivity index (χ4n) is 6.63. The molecule has 2 heterocycles. The zero-order valence-corrected chi connectivity index (χ0v) is 24.1. The number of anilines is 3. The van der Waals surface area contributed by atoms with E-state index >= 15 is 0 Å². The summed E-state index contributed by atoms with van der Waals surface area (Å²) < 4.78 is 5.11. The summed E-state index contributed by atoms with van der Waals surface area (Å²) in [5.41, 5.74) is 7.05. The molecule has 0 amide bonds. The lowest BCUT2D eigenvalue weighted by Crippen LogP contribution is -2.09. The van der Waals surface area contributed by atoms with E-state index in [0.717, 1.165) is 17.1 Å².